The van der Waals surface area contributed by atoms with Crippen LogP contribution in [0.4, 0.5) is 0 Å². The summed E-state index contributed by atoms with van der Waals surface area (Å²) in [6.45, 7) is 10.1. The van der Waals surface area contributed by atoms with Gasteiger partial charge in [-0.1, -0.05) is 29.9 Å². The van der Waals surface area contributed by atoms with Crippen LogP contribution in [0.15, 0.2) is 51.6 Å². The monoisotopic (exact) mass is 326 g/mol. The van der Waals surface area contributed by atoms with Gasteiger partial charge in [0.15, 0.2) is 5.78 Å². The molecule has 24 heavy (non-hydrogen) atoms. The second kappa shape index (κ2) is 7.56. The van der Waals surface area contributed by atoms with Gasteiger partial charge in [-0.05, 0) is 46.6 Å². The first kappa shape index (κ1) is 18.1. The van der Waals surface area contributed by atoms with Crippen molar-refractivity contribution in [2.45, 2.75) is 53.1 Å². The normalized spacial score (nSPS) is 22.7. The molecule has 0 aromatic heterocycles. The van der Waals surface area contributed by atoms with Crippen LogP contribution in [0.25, 0.3) is 0 Å². The van der Waals surface area contributed by atoms with E-state index < -0.39 is 0 Å². The predicted octanol–water partition coefficient (Wildman–Crippen LogP) is 3.41. The summed E-state index contributed by atoms with van der Waals surface area (Å²) in [5.74, 6) is 0.988. The van der Waals surface area contributed by atoms with Crippen molar-refractivity contribution < 1.29 is 9.59 Å². The molecule has 0 amide bonds. The maximum Gasteiger partial charge on any atom is 0.185 e. The summed E-state index contributed by atoms with van der Waals surface area (Å²) >= 11 is 0. The number of ketones is 1. The van der Waals surface area contributed by atoms with Gasteiger partial charge in [-0.25, -0.2) is 0 Å². The average Bonchev–Trinajstić information content (AvgIpc) is 2.88. The van der Waals surface area contributed by atoms with Gasteiger partial charge >= 0.3 is 0 Å². The zero-order valence-corrected chi connectivity index (χ0v) is 15.2. The maximum absolute atomic E-state index is 12.7. The fourth-order valence-electron chi connectivity index (χ4n) is 3.12. The number of carbonyl (C=O) groups excluding carboxylic acids is 2. The van der Waals surface area contributed by atoms with Gasteiger partial charge in [0, 0.05) is 17.7 Å². The molecule has 0 radical (unpaired) electrons. The Balaban J connectivity index is 2.14. The van der Waals surface area contributed by atoms with Crippen molar-refractivity contribution in [2.24, 2.45) is 4.99 Å². The van der Waals surface area contributed by atoms with E-state index in [1.165, 1.54) is 0 Å². The van der Waals surface area contributed by atoms with Crippen molar-refractivity contribution in [3.63, 3.8) is 0 Å². The second-order valence-corrected chi connectivity index (χ2v) is 6.60. The summed E-state index contributed by atoms with van der Waals surface area (Å²) in [7, 11) is 0. The standard InChI is InChI=1S/C20H26N2O2/c1-13(2)17(20(24)15(4)14(3)12-23)10-11-22-16(5)21-18-8-6-7-9-19(18)22/h6-9,12,18-19H,10-11H2,1-5H3/b15-14-. The van der Waals surface area contributed by atoms with Crippen LogP contribution in [0.5, 0.6) is 0 Å². The van der Waals surface area contributed by atoms with E-state index >= 15 is 0 Å². The molecular weight excluding hydrogens is 300 g/mol. The third-order valence-electron chi connectivity index (χ3n) is 4.78. The number of carbonyl (C=O) groups is 2. The topological polar surface area (TPSA) is 49.7 Å². The Labute approximate surface area is 144 Å². The first-order chi connectivity index (χ1) is 11.4. The van der Waals surface area contributed by atoms with Crippen LogP contribution < -0.4 is 0 Å². The summed E-state index contributed by atoms with van der Waals surface area (Å²) in [4.78, 5) is 30.6. The molecule has 0 spiro atoms. The van der Waals surface area contributed by atoms with E-state index in [9.17, 15) is 9.59 Å². The highest BCUT2D eigenvalue weighted by atomic mass is 16.1. The number of aliphatic imine (C=N–C) groups is 1. The molecule has 0 N–H and O–H groups in total. The third-order valence-corrected chi connectivity index (χ3v) is 4.78. The van der Waals surface area contributed by atoms with Crippen molar-refractivity contribution in [1.29, 1.82) is 0 Å². The van der Waals surface area contributed by atoms with Crippen LogP contribution in [0, 0.1) is 0 Å². The van der Waals surface area contributed by atoms with Gasteiger partial charge < -0.3 is 4.90 Å². The van der Waals surface area contributed by atoms with Gasteiger partial charge in [-0.3, -0.25) is 14.6 Å². The van der Waals surface area contributed by atoms with Gasteiger partial charge in [0.05, 0.1) is 17.9 Å². The van der Waals surface area contributed by atoms with Crippen LogP contribution >= 0.6 is 0 Å². The van der Waals surface area contributed by atoms with E-state index in [4.69, 9.17) is 0 Å². The van der Waals surface area contributed by atoms with Crippen molar-refractivity contribution in [2.75, 3.05) is 6.54 Å². The highest BCUT2D eigenvalue weighted by molar-refractivity contribution is 6.10. The highest BCUT2D eigenvalue weighted by Gasteiger charge is 2.31. The Morgan fingerprint density at radius 2 is 1.88 bits per heavy atom. The van der Waals surface area contributed by atoms with Crippen LogP contribution in [0.3, 0.4) is 0 Å². The van der Waals surface area contributed by atoms with E-state index in [0.717, 1.165) is 29.8 Å². The Morgan fingerprint density at radius 1 is 1.21 bits per heavy atom. The van der Waals surface area contributed by atoms with Crippen LogP contribution in [0.2, 0.25) is 0 Å². The van der Waals surface area contributed by atoms with Gasteiger partial charge in [0.25, 0.3) is 0 Å². The van der Waals surface area contributed by atoms with Crippen molar-refractivity contribution in [3.8, 4) is 0 Å². The average molecular weight is 326 g/mol. The number of allylic oxidation sites excluding steroid dienone is 5. The summed E-state index contributed by atoms with van der Waals surface area (Å²) in [6.07, 6.45) is 9.76. The number of hydrogen-bond acceptors (Lipinski definition) is 4. The molecule has 0 aromatic carbocycles. The Kier molecular flexibility index (Phi) is 5.71. The number of hydrogen-bond donors (Lipinski definition) is 0. The van der Waals surface area contributed by atoms with Gasteiger partial charge in [-0.15, -0.1) is 0 Å². The molecule has 0 saturated heterocycles. The lowest BCUT2D eigenvalue weighted by Crippen LogP contribution is -2.38. The molecule has 1 aliphatic heterocycles. The quantitative estimate of drug-likeness (QED) is 0.555. The third kappa shape index (κ3) is 3.64. The molecule has 128 valence electrons. The predicted molar refractivity (Wildman–Crippen MR) is 98.1 cm³/mol. The Bertz CT molecular complexity index is 688. The van der Waals surface area contributed by atoms with E-state index in [2.05, 4.69) is 28.1 Å². The Morgan fingerprint density at radius 3 is 2.50 bits per heavy atom. The van der Waals surface area contributed by atoms with Crippen LogP contribution in [-0.2, 0) is 9.59 Å². The van der Waals surface area contributed by atoms with E-state index in [-0.39, 0.29) is 17.9 Å². The minimum absolute atomic E-state index is 0.0241. The van der Waals surface area contributed by atoms with E-state index in [1.807, 2.05) is 26.8 Å². The molecule has 1 aliphatic carbocycles. The molecule has 0 saturated carbocycles. The van der Waals surface area contributed by atoms with Gasteiger partial charge in [-0.2, -0.15) is 0 Å². The van der Waals surface area contributed by atoms with Gasteiger partial charge in [0.1, 0.15) is 6.29 Å². The minimum atomic E-state index is -0.0241. The fourth-order valence-corrected chi connectivity index (χ4v) is 3.12. The molecular formula is C20H26N2O2. The molecule has 4 heteroatoms. The fraction of sp³-hybridized carbons (Fsp3) is 0.450. The summed E-state index contributed by atoms with van der Waals surface area (Å²) < 4.78 is 0. The zero-order valence-electron chi connectivity index (χ0n) is 15.2. The number of nitrogens with zero attached hydrogens (tertiary/aromatic N) is 2. The number of Topliss-reactive ketones (excluding diaryl/α,β-unsaturated/α-hetero) is 1. The molecule has 1 heterocycles. The summed E-state index contributed by atoms with van der Waals surface area (Å²) in [5, 5.41) is 0. The number of fused-ring (bicyclic) bond motifs is 1. The van der Waals surface area contributed by atoms with Crippen LogP contribution in [0.1, 0.15) is 41.0 Å². The molecule has 0 bridgehead atoms. The summed E-state index contributed by atoms with van der Waals surface area (Å²) in [6, 6.07) is 0.427. The number of rotatable bonds is 6. The van der Waals surface area contributed by atoms with Crippen LogP contribution in [-0.4, -0.2) is 41.4 Å². The molecule has 0 fully saturated rings. The van der Waals surface area contributed by atoms with Crippen molar-refractivity contribution >= 4 is 17.9 Å². The number of aldehydes is 1. The molecule has 2 rings (SSSR count). The summed E-state index contributed by atoms with van der Waals surface area (Å²) in [5.41, 5.74) is 2.83. The lowest BCUT2D eigenvalue weighted by atomic mass is 9.94. The van der Waals surface area contributed by atoms with Gasteiger partial charge in [0.2, 0.25) is 0 Å². The second-order valence-electron chi connectivity index (χ2n) is 6.60. The van der Waals surface area contributed by atoms with E-state index in [0.29, 0.717) is 17.6 Å². The van der Waals surface area contributed by atoms with Crippen molar-refractivity contribution in [3.05, 3.63) is 46.6 Å². The first-order valence-corrected chi connectivity index (χ1v) is 8.36. The molecule has 2 unspecified atom stereocenters. The maximum atomic E-state index is 12.7. The smallest absolute Gasteiger partial charge is 0.185 e. The zero-order chi connectivity index (χ0) is 17.9. The minimum Gasteiger partial charge on any atom is -0.351 e. The number of amidine groups is 1. The lowest BCUT2D eigenvalue weighted by molar-refractivity contribution is -0.113. The highest BCUT2D eigenvalue weighted by Crippen LogP contribution is 2.25. The lowest BCUT2D eigenvalue weighted by Gasteiger charge is -2.28. The first-order valence-electron chi connectivity index (χ1n) is 8.36. The van der Waals surface area contributed by atoms with Crippen molar-refractivity contribution in [1.82, 2.24) is 4.90 Å². The Hall–Kier alpha value is -2.23. The molecule has 2 aliphatic rings. The molecule has 0 aromatic rings. The molecule has 2 atom stereocenters. The molecule has 4 nitrogen and oxygen atoms in total. The SMILES string of the molecule is CC1=NC2C=CC=CC2N1CCC(C(=O)/C(C)=C(/C)C=O)=C(C)C. The largest absolute Gasteiger partial charge is 0.351 e. The van der Waals surface area contributed by atoms with E-state index in [1.54, 1.807) is 13.8 Å².